The molecule has 7 heteroatoms. The van der Waals surface area contributed by atoms with Crippen molar-refractivity contribution in [3.05, 3.63) is 40.4 Å². The highest BCUT2D eigenvalue weighted by Crippen LogP contribution is 2.49. The predicted molar refractivity (Wildman–Crippen MR) is 110 cm³/mol. The molecule has 0 radical (unpaired) electrons. The van der Waals surface area contributed by atoms with E-state index in [1.165, 1.54) is 16.9 Å². The predicted octanol–water partition coefficient (Wildman–Crippen LogP) is 5.14. The first-order valence-electron chi connectivity index (χ1n) is 9.93. The number of fused-ring (bicyclic) bond motifs is 4. The minimum absolute atomic E-state index is 0.208. The third kappa shape index (κ3) is 3.09. The summed E-state index contributed by atoms with van der Waals surface area (Å²) in [4.78, 5) is 13.8. The Bertz CT molecular complexity index is 1100. The molecule has 3 heterocycles. The molecule has 0 spiro atoms. The first kappa shape index (κ1) is 18.2. The first-order valence-corrected chi connectivity index (χ1v) is 10.7. The van der Waals surface area contributed by atoms with Crippen LogP contribution >= 0.6 is 11.3 Å². The summed E-state index contributed by atoms with van der Waals surface area (Å²) in [5.41, 5.74) is 4.35. The average molecular weight is 410 g/mol. The van der Waals surface area contributed by atoms with Gasteiger partial charge >= 0.3 is 0 Å². The Morgan fingerprint density at radius 1 is 1.28 bits per heavy atom. The number of benzene rings is 1. The second-order valence-corrected chi connectivity index (χ2v) is 8.34. The highest BCUT2D eigenvalue weighted by molar-refractivity contribution is 7.16. The van der Waals surface area contributed by atoms with Crippen molar-refractivity contribution < 1.29 is 19.0 Å². The van der Waals surface area contributed by atoms with Gasteiger partial charge in [-0.15, -0.1) is 0 Å². The molecule has 1 aliphatic carbocycles. The van der Waals surface area contributed by atoms with Gasteiger partial charge in [-0.1, -0.05) is 24.7 Å². The van der Waals surface area contributed by atoms with E-state index >= 15 is 0 Å². The van der Waals surface area contributed by atoms with Crippen molar-refractivity contribution in [3.63, 3.8) is 0 Å². The minimum Gasteiger partial charge on any atom is -0.454 e. The van der Waals surface area contributed by atoms with Gasteiger partial charge in [0.1, 0.15) is 5.75 Å². The number of thiophene rings is 1. The fourth-order valence-electron chi connectivity index (χ4n) is 3.96. The number of aromatic nitrogens is 2. The number of hydrogen-bond donors (Lipinski definition) is 0. The van der Waals surface area contributed by atoms with Crippen molar-refractivity contribution in [2.24, 2.45) is 7.05 Å². The summed E-state index contributed by atoms with van der Waals surface area (Å²) >= 11 is 1.45. The molecule has 1 aliphatic heterocycles. The molecule has 2 aromatic heterocycles. The van der Waals surface area contributed by atoms with Gasteiger partial charge in [-0.2, -0.15) is 5.10 Å². The molecule has 6 nitrogen and oxygen atoms in total. The van der Waals surface area contributed by atoms with Gasteiger partial charge in [0, 0.05) is 19.5 Å². The lowest BCUT2D eigenvalue weighted by Crippen LogP contribution is -2.08. The number of ketones is 1. The summed E-state index contributed by atoms with van der Waals surface area (Å²) < 4.78 is 19.1. The number of aryl methyl sites for hydroxylation is 2. The van der Waals surface area contributed by atoms with Crippen LogP contribution in [0.2, 0.25) is 0 Å². The maximum absolute atomic E-state index is 12.9. The molecule has 0 saturated heterocycles. The second-order valence-electron chi connectivity index (χ2n) is 7.36. The van der Waals surface area contributed by atoms with E-state index in [4.69, 9.17) is 14.2 Å². The molecule has 0 fully saturated rings. The molecule has 0 N–H and O–H groups in total. The normalized spacial score (nSPS) is 13.9. The zero-order chi connectivity index (χ0) is 20.0. The van der Waals surface area contributed by atoms with Gasteiger partial charge < -0.3 is 14.2 Å². The van der Waals surface area contributed by atoms with Crippen LogP contribution in [0.4, 0.5) is 0 Å². The van der Waals surface area contributed by atoms with Crippen molar-refractivity contribution in [2.75, 3.05) is 6.79 Å². The Hall–Kier alpha value is -2.80. The van der Waals surface area contributed by atoms with Gasteiger partial charge in [-0.25, -0.2) is 0 Å². The van der Waals surface area contributed by atoms with E-state index in [9.17, 15) is 4.79 Å². The van der Waals surface area contributed by atoms with Gasteiger partial charge in [-0.05, 0) is 42.5 Å². The molecule has 0 bridgehead atoms. The van der Waals surface area contributed by atoms with E-state index in [2.05, 4.69) is 12.0 Å². The maximum Gasteiger partial charge on any atom is 0.231 e. The van der Waals surface area contributed by atoms with E-state index in [0.717, 1.165) is 58.2 Å². The molecule has 0 saturated carbocycles. The van der Waals surface area contributed by atoms with E-state index < -0.39 is 0 Å². The van der Waals surface area contributed by atoms with Crippen LogP contribution in [0.3, 0.4) is 0 Å². The fraction of sp³-hybridized carbons (Fsp3) is 0.364. The summed E-state index contributed by atoms with van der Waals surface area (Å²) in [6.07, 6.45) is 6.13. The molecule has 3 aromatic rings. The van der Waals surface area contributed by atoms with Crippen LogP contribution in [0.5, 0.6) is 22.3 Å². The summed E-state index contributed by atoms with van der Waals surface area (Å²) in [5.74, 6) is 2.27. The molecular weight excluding hydrogens is 388 g/mol. The highest BCUT2D eigenvalue weighted by atomic mass is 32.1. The van der Waals surface area contributed by atoms with Crippen LogP contribution < -0.4 is 14.2 Å². The number of carbonyl (C=O) groups is 1. The van der Waals surface area contributed by atoms with E-state index in [1.807, 2.05) is 36.1 Å². The van der Waals surface area contributed by atoms with Gasteiger partial charge in [0.2, 0.25) is 6.79 Å². The van der Waals surface area contributed by atoms with Gasteiger partial charge in [-0.3, -0.25) is 9.48 Å². The minimum atomic E-state index is 0.208. The van der Waals surface area contributed by atoms with E-state index in [0.29, 0.717) is 17.9 Å². The molecule has 0 unspecified atom stereocenters. The second kappa shape index (κ2) is 7.22. The number of carbonyl (C=O) groups excluding carboxylic acids is 1. The Kier molecular flexibility index (Phi) is 4.54. The average Bonchev–Trinajstić information content (AvgIpc) is 3.43. The molecule has 0 atom stereocenters. The number of ether oxygens (including phenoxy) is 3. The van der Waals surface area contributed by atoms with Gasteiger partial charge in [0.15, 0.2) is 22.3 Å². The van der Waals surface area contributed by atoms with Crippen molar-refractivity contribution in [1.82, 2.24) is 9.78 Å². The largest absolute Gasteiger partial charge is 0.454 e. The first-order chi connectivity index (χ1) is 14.2. The standard InChI is InChI=1S/C22H22N2O4S/c1-3-4-5-16(25)21-15-8-6-13-11-23-24(2)20(13)19(15)22(29-21)28-14-7-9-17-18(10-14)27-12-26-17/h7,9-11H,3-6,8,12H2,1-2H3. The number of Topliss-reactive ketones (excluding diaryl/α,β-unsaturated/α-hetero) is 1. The van der Waals surface area contributed by atoms with Gasteiger partial charge in [0.05, 0.1) is 22.3 Å². The maximum atomic E-state index is 12.9. The molecule has 0 amide bonds. The Morgan fingerprint density at radius 2 is 2.14 bits per heavy atom. The highest BCUT2D eigenvalue weighted by Gasteiger charge is 2.31. The van der Waals surface area contributed by atoms with Crippen molar-refractivity contribution in [2.45, 2.75) is 39.0 Å². The van der Waals surface area contributed by atoms with Crippen LogP contribution in [0, 0.1) is 0 Å². The topological polar surface area (TPSA) is 62.6 Å². The summed E-state index contributed by atoms with van der Waals surface area (Å²) in [5, 5.41) is 5.18. The Balaban J connectivity index is 1.59. The monoisotopic (exact) mass is 410 g/mol. The summed E-state index contributed by atoms with van der Waals surface area (Å²) in [7, 11) is 1.94. The van der Waals surface area contributed by atoms with Crippen LogP contribution in [0.25, 0.3) is 11.3 Å². The van der Waals surface area contributed by atoms with Crippen LogP contribution in [-0.4, -0.2) is 22.4 Å². The molecular formula is C22H22N2O4S. The van der Waals surface area contributed by atoms with Crippen LogP contribution in [0.15, 0.2) is 24.4 Å². The number of rotatable bonds is 6. The van der Waals surface area contributed by atoms with Crippen LogP contribution in [-0.2, 0) is 19.9 Å². The van der Waals surface area contributed by atoms with E-state index in [1.54, 1.807) is 0 Å². The van der Waals surface area contributed by atoms with Crippen molar-refractivity contribution in [1.29, 1.82) is 0 Å². The summed E-state index contributed by atoms with van der Waals surface area (Å²) in [6.45, 7) is 2.33. The van der Waals surface area contributed by atoms with Crippen LogP contribution in [0.1, 0.15) is 47.0 Å². The summed E-state index contributed by atoms with van der Waals surface area (Å²) in [6, 6.07) is 5.55. The number of hydrogen-bond acceptors (Lipinski definition) is 6. The zero-order valence-electron chi connectivity index (χ0n) is 16.5. The molecule has 1 aromatic carbocycles. The number of unbranched alkanes of at least 4 members (excludes halogenated alkanes) is 1. The lowest BCUT2D eigenvalue weighted by molar-refractivity contribution is 0.0983. The Labute approximate surface area is 173 Å². The van der Waals surface area contributed by atoms with Gasteiger partial charge in [0.25, 0.3) is 0 Å². The van der Waals surface area contributed by atoms with Crippen molar-refractivity contribution in [3.8, 4) is 33.6 Å². The molecule has 2 aliphatic rings. The number of nitrogens with zero attached hydrogens (tertiary/aromatic N) is 2. The quantitative estimate of drug-likeness (QED) is 0.527. The lowest BCUT2D eigenvalue weighted by atomic mass is 9.90. The smallest absolute Gasteiger partial charge is 0.231 e. The lowest BCUT2D eigenvalue weighted by Gasteiger charge is -2.16. The zero-order valence-corrected chi connectivity index (χ0v) is 17.3. The van der Waals surface area contributed by atoms with E-state index in [-0.39, 0.29) is 12.6 Å². The fourth-order valence-corrected chi connectivity index (χ4v) is 5.15. The molecule has 150 valence electrons. The molecule has 29 heavy (non-hydrogen) atoms. The third-order valence-electron chi connectivity index (χ3n) is 5.44. The van der Waals surface area contributed by atoms with Crippen molar-refractivity contribution >= 4 is 17.1 Å². The SMILES string of the molecule is CCCCC(=O)c1sc(Oc2ccc3c(c2)OCO3)c2c1CCc1cnn(C)c1-2. The molecule has 5 rings (SSSR count). The Morgan fingerprint density at radius 3 is 3.00 bits per heavy atom. The third-order valence-corrected chi connectivity index (χ3v) is 6.59.